The Morgan fingerprint density at radius 3 is 2.61 bits per heavy atom. The number of carbonyl (C=O) groups excluding carboxylic acids is 1. The van der Waals surface area contributed by atoms with Crippen LogP contribution in [0.5, 0.6) is 5.75 Å². The molecule has 0 spiro atoms. The van der Waals surface area contributed by atoms with E-state index in [0.717, 1.165) is 0 Å². The van der Waals surface area contributed by atoms with Crippen LogP contribution < -0.4 is 4.74 Å². The summed E-state index contributed by atoms with van der Waals surface area (Å²) in [7, 11) is -3.21. The number of nitriles is 1. The Kier molecular flexibility index (Phi) is 5.63. The van der Waals surface area contributed by atoms with E-state index in [9.17, 15) is 13.2 Å². The molecule has 0 saturated carbocycles. The van der Waals surface area contributed by atoms with Gasteiger partial charge in [-0.15, -0.1) is 0 Å². The highest BCUT2D eigenvalue weighted by molar-refractivity contribution is 7.89. The van der Waals surface area contributed by atoms with Gasteiger partial charge in [0.25, 0.3) is 0 Å². The molecule has 0 atom stereocenters. The average molecular weight is 357 g/mol. The fourth-order valence-electron chi connectivity index (χ4n) is 2.40. The average Bonchev–Trinajstić information content (AvgIpc) is 2.56. The van der Waals surface area contributed by atoms with Crippen molar-refractivity contribution < 1.29 is 17.9 Å². The van der Waals surface area contributed by atoms with Gasteiger partial charge in [-0.05, 0) is 38.0 Å². The Balaban J connectivity index is 1.97. The van der Waals surface area contributed by atoms with Crippen LogP contribution >= 0.6 is 11.6 Å². The topological polar surface area (TPSA) is 87.5 Å². The molecule has 1 aliphatic rings. The van der Waals surface area contributed by atoms with Crippen LogP contribution in [-0.4, -0.2) is 37.5 Å². The summed E-state index contributed by atoms with van der Waals surface area (Å²) in [5.74, 6) is -0.516. The summed E-state index contributed by atoms with van der Waals surface area (Å²) in [6, 6.07) is 6.38. The molecule has 0 aliphatic carbocycles. The van der Waals surface area contributed by atoms with Crippen LogP contribution in [0.25, 0.3) is 0 Å². The van der Waals surface area contributed by atoms with Crippen LogP contribution in [0.2, 0.25) is 5.02 Å². The van der Waals surface area contributed by atoms with E-state index >= 15 is 0 Å². The van der Waals surface area contributed by atoms with Gasteiger partial charge in [0.2, 0.25) is 10.0 Å². The maximum Gasteiger partial charge on any atom is 0.314 e. The molecular weight excluding hydrogens is 340 g/mol. The van der Waals surface area contributed by atoms with E-state index < -0.39 is 16.0 Å². The minimum absolute atomic E-state index is 0.0585. The standard InChI is InChI=1S/C15H17ClN2O4S/c1-2-23(20,21)18-7-5-12(6-8-18)15(19)22-14-4-3-11(10-17)9-13(14)16/h3-4,9,12H,2,5-8H2,1H3. The van der Waals surface area contributed by atoms with Gasteiger partial charge in [-0.25, -0.2) is 12.7 Å². The first-order valence-electron chi connectivity index (χ1n) is 7.26. The van der Waals surface area contributed by atoms with Crippen molar-refractivity contribution in [1.82, 2.24) is 4.31 Å². The lowest BCUT2D eigenvalue weighted by Crippen LogP contribution is -2.41. The fraction of sp³-hybridized carbons (Fsp3) is 0.467. The second-order valence-corrected chi connectivity index (χ2v) is 7.92. The summed E-state index contributed by atoms with van der Waals surface area (Å²) in [6.45, 7) is 2.23. The van der Waals surface area contributed by atoms with Crippen molar-refractivity contribution in [3.63, 3.8) is 0 Å². The van der Waals surface area contributed by atoms with Crippen LogP contribution in [0.3, 0.4) is 0 Å². The summed E-state index contributed by atoms with van der Waals surface area (Å²) in [5, 5.41) is 8.98. The molecule has 1 aliphatic heterocycles. The molecule has 0 bridgehead atoms. The van der Waals surface area contributed by atoms with Gasteiger partial charge in [0, 0.05) is 13.1 Å². The number of piperidine rings is 1. The lowest BCUT2D eigenvalue weighted by Gasteiger charge is -2.29. The molecule has 1 fully saturated rings. The van der Waals surface area contributed by atoms with Crippen molar-refractivity contribution in [2.75, 3.05) is 18.8 Å². The Morgan fingerprint density at radius 2 is 2.09 bits per heavy atom. The first kappa shape index (κ1) is 17.7. The number of rotatable bonds is 4. The van der Waals surface area contributed by atoms with Crippen molar-refractivity contribution in [1.29, 1.82) is 5.26 Å². The molecular formula is C15H17ClN2O4S. The molecule has 1 aromatic carbocycles. The molecule has 0 radical (unpaired) electrons. The van der Waals surface area contributed by atoms with E-state index in [0.29, 0.717) is 31.5 Å². The van der Waals surface area contributed by atoms with Gasteiger partial charge in [0.15, 0.2) is 0 Å². The second-order valence-electron chi connectivity index (χ2n) is 5.25. The smallest absolute Gasteiger partial charge is 0.314 e. The zero-order chi connectivity index (χ0) is 17.0. The molecule has 0 unspecified atom stereocenters. The summed E-state index contributed by atoms with van der Waals surface area (Å²) in [4.78, 5) is 12.2. The monoisotopic (exact) mass is 356 g/mol. The van der Waals surface area contributed by atoms with Gasteiger partial charge in [-0.3, -0.25) is 4.79 Å². The number of ether oxygens (including phenoxy) is 1. The summed E-state index contributed by atoms with van der Waals surface area (Å²) in [6.07, 6.45) is 0.845. The number of esters is 1. The van der Waals surface area contributed by atoms with Gasteiger partial charge >= 0.3 is 5.97 Å². The summed E-state index contributed by atoms with van der Waals surface area (Å²) in [5.41, 5.74) is 0.382. The Labute approximate surface area is 140 Å². The zero-order valence-corrected chi connectivity index (χ0v) is 14.2. The lowest BCUT2D eigenvalue weighted by molar-refractivity contribution is -0.140. The van der Waals surface area contributed by atoms with Gasteiger partial charge in [-0.1, -0.05) is 11.6 Å². The number of benzene rings is 1. The minimum atomic E-state index is -3.21. The Bertz CT molecular complexity index is 734. The van der Waals surface area contributed by atoms with Crippen molar-refractivity contribution in [3.05, 3.63) is 28.8 Å². The molecule has 8 heteroatoms. The number of carbonyl (C=O) groups is 1. The van der Waals surface area contributed by atoms with E-state index in [1.54, 1.807) is 6.92 Å². The number of nitrogens with zero attached hydrogens (tertiary/aromatic N) is 2. The molecule has 0 N–H and O–H groups in total. The Morgan fingerprint density at radius 1 is 1.43 bits per heavy atom. The Hall–Kier alpha value is -1.62. The number of sulfonamides is 1. The molecule has 2 rings (SSSR count). The van der Waals surface area contributed by atoms with Crippen LogP contribution in [0.15, 0.2) is 18.2 Å². The third kappa shape index (κ3) is 4.22. The van der Waals surface area contributed by atoms with Crippen LogP contribution in [0, 0.1) is 17.2 Å². The van der Waals surface area contributed by atoms with E-state index in [2.05, 4.69) is 0 Å². The predicted octanol–water partition coefficient (Wildman–Crippen LogP) is 2.18. The van der Waals surface area contributed by atoms with Gasteiger partial charge in [0.05, 0.1) is 28.3 Å². The van der Waals surface area contributed by atoms with Crippen molar-refractivity contribution in [2.24, 2.45) is 5.92 Å². The van der Waals surface area contributed by atoms with Gasteiger partial charge in [-0.2, -0.15) is 5.26 Å². The van der Waals surface area contributed by atoms with E-state index in [4.69, 9.17) is 21.6 Å². The molecule has 1 saturated heterocycles. The third-order valence-corrected chi connectivity index (χ3v) is 5.99. The predicted molar refractivity (Wildman–Crippen MR) is 85.6 cm³/mol. The molecule has 6 nitrogen and oxygen atoms in total. The first-order chi connectivity index (χ1) is 10.9. The molecule has 23 heavy (non-hydrogen) atoms. The number of hydrogen-bond acceptors (Lipinski definition) is 5. The molecule has 1 aromatic rings. The maximum atomic E-state index is 12.2. The number of halogens is 1. The molecule has 0 aromatic heterocycles. The normalized spacial score (nSPS) is 16.7. The molecule has 1 heterocycles. The highest BCUT2D eigenvalue weighted by Crippen LogP contribution is 2.28. The highest BCUT2D eigenvalue weighted by Gasteiger charge is 2.31. The zero-order valence-electron chi connectivity index (χ0n) is 12.7. The summed E-state index contributed by atoms with van der Waals surface area (Å²) < 4.78 is 30.3. The fourth-order valence-corrected chi connectivity index (χ4v) is 3.75. The van der Waals surface area contributed by atoms with Crippen molar-refractivity contribution in [2.45, 2.75) is 19.8 Å². The van der Waals surface area contributed by atoms with Crippen LogP contribution in [-0.2, 0) is 14.8 Å². The third-order valence-electron chi connectivity index (χ3n) is 3.82. The quantitative estimate of drug-likeness (QED) is 0.609. The molecule has 0 amide bonds. The van der Waals surface area contributed by atoms with Crippen molar-refractivity contribution in [3.8, 4) is 11.8 Å². The second kappa shape index (κ2) is 7.30. The largest absolute Gasteiger partial charge is 0.425 e. The number of hydrogen-bond donors (Lipinski definition) is 0. The highest BCUT2D eigenvalue weighted by atomic mass is 35.5. The first-order valence-corrected chi connectivity index (χ1v) is 9.25. The van der Waals surface area contributed by atoms with E-state index in [1.807, 2.05) is 6.07 Å². The van der Waals surface area contributed by atoms with Crippen LogP contribution in [0.1, 0.15) is 25.3 Å². The van der Waals surface area contributed by atoms with Crippen molar-refractivity contribution >= 4 is 27.6 Å². The molecule has 124 valence electrons. The minimum Gasteiger partial charge on any atom is -0.425 e. The SMILES string of the molecule is CCS(=O)(=O)N1CCC(C(=O)Oc2ccc(C#N)cc2Cl)CC1. The van der Waals surface area contributed by atoms with Crippen LogP contribution in [0.4, 0.5) is 0 Å². The summed E-state index contributed by atoms with van der Waals surface area (Å²) >= 11 is 5.98. The van der Waals surface area contributed by atoms with Gasteiger partial charge in [0.1, 0.15) is 5.75 Å². The van der Waals surface area contributed by atoms with Gasteiger partial charge < -0.3 is 4.74 Å². The van der Waals surface area contributed by atoms with E-state index in [-0.39, 0.29) is 22.4 Å². The maximum absolute atomic E-state index is 12.2. The van der Waals surface area contributed by atoms with E-state index in [1.165, 1.54) is 22.5 Å². The lowest BCUT2D eigenvalue weighted by atomic mass is 9.98.